The van der Waals surface area contributed by atoms with Gasteiger partial charge in [0.05, 0.1) is 5.52 Å². The van der Waals surface area contributed by atoms with Crippen molar-refractivity contribution in [2.24, 2.45) is 0 Å². The third-order valence-corrected chi connectivity index (χ3v) is 4.05. The van der Waals surface area contributed by atoms with Crippen molar-refractivity contribution in [2.45, 2.75) is 44.9 Å². The number of H-pyrrole nitrogens is 1. The molecule has 5 heteroatoms. The van der Waals surface area contributed by atoms with Crippen LogP contribution in [0.3, 0.4) is 0 Å². The summed E-state index contributed by atoms with van der Waals surface area (Å²) in [4.78, 5) is 23.6. The monoisotopic (exact) mass is 298 g/mol. The number of aryl methyl sites for hydroxylation is 1. The van der Waals surface area contributed by atoms with Gasteiger partial charge in [0, 0.05) is 25.6 Å². The second-order valence-electron chi connectivity index (χ2n) is 5.77. The number of carbonyl (C=O) groups is 1. The highest BCUT2D eigenvalue weighted by Gasteiger charge is 2.08. The third kappa shape index (κ3) is 3.93. The second-order valence-corrected chi connectivity index (χ2v) is 5.77. The Kier molecular flexibility index (Phi) is 4.83. The van der Waals surface area contributed by atoms with Crippen molar-refractivity contribution in [3.63, 3.8) is 0 Å². The first-order valence-electron chi connectivity index (χ1n) is 8.05. The standard InChI is InChI=1S/C17H22N4O/c22-16(18-12-10-13-5-2-1-3-6-13)9-8-15-20-14-7-4-11-19-17(14)21-15/h4-5,7,11H,1-3,6,8-10,12H2,(H,18,22)(H,19,20,21). The zero-order chi connectivity index (χ0) is 15.2. The maximum Gasteiger partial charge on any atom is 0.220 e. The minimum atomic E-state index is 0.0878. The molecular weight excluding hydrogens is 276 g/mol. The molecule has 0 aromatic carbocycles. The first-order valence-corrected chi connectivity index (χ1v) is 8.05. The molecule has 0 radical (unpaired) electrons. The van der Waals surface area contributed by atoms with E-state index < -0.39 is 0 Å². The van der Waals surface area contributed by atoms with E-state index in [1.165, 1.54) is 31.3 Å². The van der Waals surface area contributed by atoms with Crippen LogP contribution in [0.2, 0.25) is 0 Å². The smallest absolute Gasteiger partial charge is 0.220 e. The van der Waals surface area contributed by atoms with Crippen molar-refractivity contribution in [3.8, 4) is 0 Å². The molecule has 0 bridgehead atoms. The average molecular weight is 298 g/mol. The normalized spacial score (nSPS) is 14.8. The number of carbonyl (C=O) groups excluding carboxylic acids is 1. The molecule has 0 fully saturated rings. The third-order valence-electron chi connectivity index (χ3n) is 4.05. The van der Waals surface area contributed by atoms with Crippen molar-refractivity contribution < 1.29 is 4.79 Å². The minimum Gasteiger partial charge on any atom is -0.356 e. The van der Waals surface area contributed by atoms with Crippen LogP contribution in [0, 0.1) is 0 Å². The van der Waals surface area contributed by atoms with Gasteiger partial charge in [-0.05, 0) is 44.2 Å². The molecule has 3 rings (SSSR count). The highest BCUT2D eigenvalue weighted by atomic mass is 16.1. The lowest BCUT2D eigenvalue weighted by molar-refractivity contribution is -0.121. The summed E-state index contributed by atoms with van der Waals surface area (Å²) in [6.07, 6.45) is 11.1. The quantitative estimate of drug-likeness (QED) is 0.806. The summed E-state index contributed by atoms with van der Waals surface area (Å²) in [5.41, 5.74) is 3.12. The van der Waals surface area contributed by atoms with Crippen molar-refractivity contribution in [3.05, 3.63) is 35.8 Å². The summed E-state index contributed by atoms with van der Waals surface area (Å²) in [6.45, 7) is 0.742. The molecule has 22 heavy (non-hydrogen) atoms. The van der Waals surface area contributed by atoms with Gasteiger partial charge in [0.25, 0.3) is 0 Å². The summed E-state index contributed by atoms with van der Waals surface area (Å²) in [5, 5.41) is 3.00. The first kappa shape index (κ1) is 14.8. The Bertz CT molecular complexity index is 641. The summed E-state index contributed by atoms with van der Waals surface area (Å²) in [7, 11) is 0. The number of nitrogens with zero attached hydrogens (tertiary/aromatic N) is 2. The van der Waals surface area contributed by atoms with Crippen LogP contribution < -0.4 is 5.32 Å². The summed E-state index contributed by atoms with van der Waals surface area (Å²) < 4.78 is 0. The van der Waals surface area contributed by atoms with Gasteiger partial charge in [0.1, 0.15) is 5.82 Å². The van der Waals surface area contributed by atoms with Crippen LogP contribution in [-0.2, 0) is 11.2 Å². The Morgan fingerprint density at radius 3 is 3.09 bits per heavy atom. The number of imidazole rings is 1. The summed E-state index contributed by atoms with van der Waals surface area (Å²) in [6, 6.07) is 3.81. The van der Waals surface area contributed by atoms with Crippen LogP contribution in [0.5, 0.6) is 0 Å². The molecule has 0 saturated carbocycles. The molecule has 5 nitrogen and oxygen atoms in total. The van der Waals surface area contributed by atoms with E-state index in [1.54, 1.807) is 6.20 Å². The van der Waals surface area contributed by atoms with Crippen LogP contribution in [0.4, 0.5) is 0 Å². The van der Waals surface area contributed by atoms with E-state index in [9.17, 15) is 4.79 Å². The topological polar surface area (TPSA) is 70.7 Å². The molecule has 116 valence electrons. The fraction of sp³-hybridized carbons (Fsp3) is 0.471. The van der Waals surface area contributed by atoms with Gasteiger partial charge in [0.2, 0.25) is 5.91 Å². The maximum atomic E-state index is 11.9. The van der Waals surface area contributed by atoms with E-state index in [1.807, 2.05) is 12.1 Å². The highest BCUT2D eigenvalue weighted by Crippen LogP contribution is 2.19. The van der Waals surface area contributed by atoms with Gasteiger partial charge in [-0.2, -0.15) is 0 Å². The van der Waals surface area contributed by atoms with E-state index >= 15 is 0 Å². The molecule has 1 aliphatic rings. The van der Waals surface area contributed by atoms with E-state index in [0.717, 1.165) is 24.3 Å². The number of fused-ring (bicyclic) bond motifs is 1. The lowest BCUT2D eigenvalue weighted by Gasteiger charge is -2.12. The van der Waals surface area contributed by atoms with Crippen LogP contribution in [-0.4, -0.2) is 27.4 Å². The van der Waals surface area contributed by atoms with E-state index in [0.29, 0.717) is 18.5 Å². The fourth-order valence-corrected chi connectivity index (χ4v) is 2.83. The molecule has 0 spiro atoms. The largest absolute Gasteiger partial charge is 0.356 e. The molecule has 1 aliphatic carbocycles. The van der Waals surface area contributed by atoms with E-state index in [4.69, 9.17) is 0 Å². The molecular formula is C17H22N4O. The number of allylic oxidation sites excluding steroid dienone is 1. The van der Waals surface area contributed by atoms with Crippen LogP contribution >= 0.6 is 0 Å². The number of aromatic nitrogens is 3. The molecule has 0 saturated heterocycles. The molecule has 2 heterocycles. The molecule has 0 unspecified atom stereocenters. The Balaban J connectivity index is 1.41. The van der Waals surface area contributed by atoms with Crippen LogP contribution in [0.25, 0.3) is 11.2 Å². The zero-order valence-electron chi connectivity index (χ0n) is 12.8. The molecule has 1 amide bonds. The van der Waals surface area contributed by atoms with Gasteiger partial charge in [-0.25, -0.2) is 9.97 Å². The Labute approximate surface area is 130 Å². The van der Waals surface area contributed by atoms with Crippen LogP contribution in [0.1, 0.15) is 44.3 Å². The van der Waals surface area contributed by atoms with E-state index in [-0.39, 0.29) is 5.91 Å². The number of nitrogens with one attached hydrogen (secondary N) is 2. The number of pyridine rings is 1. The van der Waals surface area contributed by atoms with Gasteiger partial charge in [-0.1, -0.05) is 11.6 Å². The first-order chi connectivity index (χ1) is 10.8. The molecule has 2 aromatic rings. The number of hydrogen-bond donors (Lipinski definition) is 2. The Hall–Kier alpha value is -2.17. The molecule has 0 atom stereocenters. The van der Waals surface area contributed by atoms with Gasteiger partial charge in [-0.15, -0.1) is 0 Å². The van der Waals surface area contributed by atoms with Crippen LogP contribution in [0.15, 0.2) is 30.0 Å². The Morgan fingerprint density at radius 2 is 2.27 bits per heavy atom. The SMILES string of the molecule is O=C(CCc1nc2ncccc2[nH]1)NCCC1=CCCCC1. The van der Waals surface area contributed by atoms with Gasteiger partial charge in [0.15, 0.2) is 5.65 Å². The van der Waals surface area contributed by atoms with Gasteiger partial charge >= 0.3 is 0 Å². The van der Waals surface area contributed by atoms with Crippen molar-refractivity contribution in [2.75, 3.05) is 6.54 Å². The predicted octanol–water partition coefficient (Wildman–Crippen LogP) is 2.90. The zero-order valence-corrected chi connectivity index (χ0v) is 12.8. The summed E-state index contributed by atoms with van der Waals surface area (Å²) >= 11 is 0. The summed E-state index contributed by atoms with van der Waals surface area (Å²) in [5.74, 6) is 0.906. The lowest BCUT2D eigenvalue weighted by Crippen LogP contribution is -2.25. The molecule has 2 aromatic heterocycles. The second kappa shape index (κ2) is 7.20. The number of hydrogen-bond acceptors (Lipinski definition) is 3. The lowest BCUT2D eigenvalue weighted by atomic mass is 9.97. The van der Waals surface area contributed by atoms with Gasteiger partial charge in [-0.3, -0.25) is 4.79 Å². The van der Waals surface area contributed by atoms with Crippen molar-refractivity contribution in [1.82, 2.24) is 20.3 Å². The predicted molar refractivity (Wildman–Crippen MR) is 86.4 cm³/mol. The minimum absolute atomic E-state index is 0.0878. The number of amides is 1. The fourth-order valence-electron chi connectivity index (χ4n) is 2.83. The maximum absolute atomic E-state index is 11.9. The number of rotatable bonds is 6. The Morgan fingerprint density at radius 1 is 1.32 bits per heavy atom. The molecule has 2 N–H and O–H groups in total. The number of aromatic amines is 1. The highest BCUT2D eigenvalue weighted by molar-refractivity contribution is 5.76. The van der Waals surface area contributed by atoms with E-state index in [2.05, 4.69) is 26.3 Å². The van der Waals surface area contributed by atoms with Gasteiger partial charge < -0.3 is 10.3 Å². The van der Waals surface area contributed by atoms with Crippen molar-refractivity contribution in [1.29, 1.82) is 0 Å². The van der Waals surface area contributed by atoms with Crippen molar-refractivity contribution >= 4 is 17.1 Å². The average Bonchev–Trinajstić information content (AvgIpc) is 2.97. The molecule has 0 aliphatic heterocycles.